The lowest BCUT2D eigenvalue weighted by atomic mass is 10.1. The summed E-state index contributed by atoms with van der Waals surface area (Å²) in [6, 6.07) is 9.78. The number of benzene rings is 2. The van der Waals surface area contributed by atoms with Gasteiger partial charge in [-0.3, -0.25) is 10.1 Å². The minimum atomic E-state index is -0.629. The molecule has 0 aromatic heterocycles. The topological polar surface area (TPSA) is 75.5 Å². The van der Waals surface area contributed by atoms with Crippen LogP contribution in [0.2, 0.25) is 0 Å². The molecule has 1 atom stereocenters. The molecule has 0 saturated carbocycles. The number of carbonyl (C=O) groups is 1. The zero-order valence-electron chi connectivity index (χ0n) is 11.4. The number of hydrazine groups is 1. The Morgan fingerprint density at radius 3 is 2.64 bits per heavy atom. The normalized spacial score (nSPS) is 16.4. The third kappa shape index (κ3) is 2.53. The number of anilines is 1. The van der Waals surface area contributed by atoms with Gasteiger partial charge in [-0.1, -0.05) is 12.1 Å². The van der Waals surface area contributed by atoms with E-state index in [2.05, 4.69) is 5.43 Å². The SMILES string of the molecule is O=CC1NN(Cc2ccc(F)cc2)c2ccc([N+](=O)[O-])cc21. The van der Waals surface area contributed by atoms with E-state index in [9.17, 15) is 19.3 Å². The van der Waals surface area contributed by atoms with Crippen molar-refractivity contribution >= 4 is 17.7 Å². The Labute approximate surface area is 125 Å². The highest BCUT2D eigenvalue weighted by atomic mass is 19.1. The molecule has 7 heteroatoms. The first-order valence-corrected chi connectivity index (χ1v) is 6.60. The molecule has 1 aliphatic heterocycles. The number of nitrogens with zero attached hydrogens (tertiary/aromatic N) is 2. The number of aldehydes is 1. The predicted octanol–water partition coefficient (Wildman–Crippen LogP) is 2.50. The van der Waals surface area contributed by atoms with Gasteiger partial charge < -0.3 is 9.80 Å². The molecule has 1 unspecified atom stereocenters. The standard InChI is InChI=1S/C15H12FN3O3/c16-11-3-1-10(2-4-11)8-18-15-6-5-12(19(21)22)7-13(15)14(9-20)17-18/h1-7,9,14,17H,8H2. The van der Waals surface area contributed by atoms with Crippen LogP contribution in [0.25, 0.3) is 0 Å². The first-order valence-electron chi connectivity index (χ1n) is 6.60. The molecule has 22 heavy (non-hydrogen) atoms. The summed E-state index contributed by atoms with van der Waals surface area (Å²) in [4.78, 5) is 21.5. The number of non-ortho nitro benzene ring substituents is 1. The van der Waals surface area contributed by atoms with E-state index in [0.717, 1.165) is 5.56 Å². The number of nitro groups is 1. The lowest BCUT2D eigenvalue weighted by Gasteiger charge is -2.19. The van der Waals surface area contributed by atoms with E-state index < -0.39 is 11.0 Å². The molecule has 0 amide bonds. The molecular formula is C15H12FN3O3. The van der Waals surface area contributed by atoms with Crippen LogP contribution in [-0.4, -0.2) is 11.2 Å². The number of hydrogen-bond donors (Lipinski definition) is 1. The summed E-state index contributed by atoms with van der Waals surface area (Å²) in [6.45, 7) is 0.412. The molecule has 2 aromatic rings. The van der Waals surface area contributed by atoms with E-state index in [1.165, 1.54) is 24.3 Å². The number of halogens is 1. The Morgan fingerprint density at radius 1 is 1.27 bits per heavy atom. The Kier molecular flexibility index (Phi) is 3.56. The molecule has 0 fully saturated rings. The number of hydrogen-bond acceptors (Lipinski definition) is 5. The minimum absolute atomic E-state index is 0.0592. The lowest BCUT2D eigenvalue weighted by Crippen LogP contribution is -2.34. The second-order valence-corrected chi connectivity index (χ2v) is 4.96. The van der Waals surface area contributed by atoms with Gasteiger partial charge in [0.15, 0.2) is 0 Å². The Bertz CT molecular complexity index is 733. The van der Waals surface area contributed by atoms with Gasteiger partial charge in [-0.05, 0) is 23.8 Å². The molecular weight excluding hydrogens is 289 g/mol. The van der Waals surface area contributed by atoms with E-state index in [1.54, 1.807) is 23.2 Å². The van der Waals surface area contributed by atoms with Crippen LogP contribution in [-0.2, 0) is 11.3 Å². The third-order valence-corrected chi connectivity index (χ3v) is 3.53. The van der Waals surface area contributed by atoms with Gasteiger partial charge in [0.05, 0.1) is 17.2 Å². The van der Waals surface area contributed by atoms with Crippen molar-refractivity contribution in [3.63, 3.8) is 0 Å². The number of carbonyl (C=O) groups excluding carboxylic acids is 1. The molecule has 6 nitrogen and oxygen atoms in total. The van der Waals surface area contributed by atoms with E-state index in [1.807, 2.05) is 0 Å². The van der Waals surface area contributed by atoms with E-state index >= 15 is 0 Å². The molecule has 0 spiro atoms. The number of fused-ring (bicyclic) bond motifs is 1. The van der Waals surface area contributed by atoms with Crippen LogP contribution >= 0.6 is 0 Å². The van der Waals surface area contributed by atoms with Crippen molar-refractivity contribution < 1.29 is 14.1 Å². The van der Waals surface area contributed by atoms with Crippen molar-refractivity contribution in [3.05, 3.63) is 69.5 Å². The molecule has 1 aliphatic rings. The van der Waals surface area contributed by atoms with E-state index in [-0.39, 0.29) is 11.5 Å². The molecule has 0 saturated heterocycles. The van der Waals surface area contributed by atoms with Crippen LogP contribution in [0.15, 0.2) is 42.5 Å². The van der Waals surface area contributed by atoms with Crippen LogP contribution < -0.4 is 10.4 Å². The van der Waals surface area contributed by atoms with Crippen LogP contribution in [0.4, 0.5) is 15.8 Å². The molecule has 1 heterocycles. The zero-order valence-corrected chi connectivity index (χ0v) is 11.4. The average Bonchev–Trinajstić information content (AvgIpc) is 2.86. The summed E-state index contributed by atoms with van der Waals surface area (Å²) >= 11 is 0. The average molecular weight is 301 g/mol. The van der Waals surface area contributed by atoms with Gasteiger partial charge in [0.25, 0.3) is 5.69 Å². The Hall–Kier alpha value is -2.80. The maximum Gasteiger partial charge on any atom is 0.269 e. The van der Waals surface area contributed by atoms with Gasteiger partial charge in [-0.25, -0.2) is 9.82 Å². The summed E-state index contributed by atoms with van der Waals surface area (Å²) in [5, 5.41) is 12.6. The van der Waals surface area contributed by atoms with Crippen molar-refractivity contribution in [1.82, 2.24) is 5.43 Å². The summed E-state index contributed by atoms with van der Waals surface area (Å²) in [6.07, 6.45) is 0.702. The summed E-state index contributed by atoms with van der Waals surface area (Å²) in [5.41, 5.74) is 5.04. The minimum Gasteiger partial charge on any atom is -0.303 e. The van der Waals surface area contributed by atoms with Gasteiger partial charge in [0.1, 0.15) is 18.1 Å². The molecule has 0 bridgehead atoms. The fourth-order valence-electron chi connectivity index (χ4n) is 2.46. The molecule has 2 aromatic carbocycles. The predicted molar refractivity (Wildman–Crippen MR) is 77.6 cm³/mol. The van der Waals surface area contributed by atoms with Crippen molar-refractivity contribution in [2.45, 2.75) is 12.6 Å². The summed E-state index contributed by atoms with van der Waals surface area (Å²) in [7, 11) is 0. The lowest BCUT2D eigenvalue weighted by molar-refractivity contribution is -0.384. The molecule has 1 N–H and O–H groups in total. The number of nitro benzene ring substituents is 1. The highest BCUT2D eigenvalue weighted by molar-refractivity contribution is 5.73. The van der Waals surface area contributed by atoms with Crippen LogP contribution in [0, 0.1) is 15.9 Å². The van der Waals surface area contributed by atoms with Crippen LogP contribution in [0.3, 0.4) is 0 Å². The number of nitrogens with one attached hydrogen (secondary N) is 1. The van der Waals surface area contributed by atoms with Crippen molar-refractivity contribution in [2.75, 3.05) is 5.01 Å². The highest BCUT2D eigenvalue weighted by Gasteiger charge is 2.29. The fraction of sp³-hybridized carbons (Fsp3) is 0.133. The van der Waals surface area contributed by atoms with Crippen molar-refractivity contribution in [1.29, 1.82) is 0 Å². The van der Waals surface area contributed by atoms with Gasteiger partial charge in [0.2, 0.25) is 0 Å². The number of rotatable bonds is 4. The van der Waals surface area contributed by atoms with E-state index in [4.69, 9.17) is 0 Å². The van der Waals surface area contributed by atoms with Crippen molar-refractivity contribution in [3.8, 4) is 0 Å². The maximum absolute atomic E-state index is 12.9. The largest absolute Gasteiger partial charge is 0.303 e. The van der Waals surface area contributed by atoms with Gasteiger partial charge >= 0.3 is 0 Å². The fourth-order valence-corrected chi connectivity index (χ4v) is 2.46. The quantitative estimate of drug-likeness (QED) is 0.533. The van der Waals surface area contributed by atoms with Gasteiger partial charge in [-0.2, -0.15) is 0 Å². The first kappa shape index (κ1) is 14.2. The van der Waals surface area contributed by atoms with Crippen LogP contribution in [0.1, 0.15) is 17.2 Å². The second-order valence-electron chi connectivity index (χ2n) is 4.96. The summed E-state index contributed by atoms with van der Waals surface area (Å²) in [5.74, 6) is -0.320. The molecule has 3 rings (SSSR count). The van der Waals surface area contributed by atoms with Gasteiger partial charge in [-0.15, -0.1) is 0 Å². The third-order valence-electron chi connectivity index (χ3n) is 3.53. The van der Waals surface area contributed by atoms with Gasteiger partial charge in [0, 0.05) is 17.7 Å². The Morgan fingerprint density at radius 2 is 2.00 bits per heavy atom. The summed E-state index contributed by atoms with van der Waals surface area (Å²) < 4.78 is 12.9. The smallest absolute Gasteiger partial charge is 0.269 e. The first-order chi connectivity index (χ1) is 10.6. The van der Waals surface area contributed by atoms with Crippen molar-refractivity contribution in [2.24, 2.45) is 0 Å². The second kappa shape index (κ2) is 5.53. The molecule has 0 radical (unpaired) electrons. The maximum atomic E-state index is 12.9. The van der Waals surface area contributed by atoms with E-state index in [0.29, 0.717) is 24.1 Å². The molecule has 0 aliphatic carbocycles. The molecule has 112 valence electrons. The zero-order chi connectivity index (χ0) is 15.7. The van der Waals surface area contributed by atoms with Crippen LogP contribution in [0.5, 0.6) is 0 Å². The Balaban J connectivity index is 1.91. The highest BCUT2D eigenvalue weighted by Crippen LogP contribution is 2.35. The monoisotopic (exact) mass is 301 g/mol.